The Morgan fingerprint density at radius 3 is 1.94 bits per heavy atom. The molecular formula is C29H32N2Si. The molecule has 0 heterocycles. The predicted molar refractivity (Wildman–Crippen MR) is 136 cm³/mol. The smallest absolute Gasteiger partial charge is 0.193 e. The number of hydrogen-bond donors (Lipinski definition) is 0. The van der Waals surface area contributed by atoms with E-state index in [9.17, 15) is 10.5 Å². The molecule has 32 heavy (non-hydrogen) atoms. The van der Waals surface area contributed by atoms with Crippen LogP contribution < -0.4 is 0 Å². The second-order valence-corrected chi connectivity index (χ2v) is 15.3. The molecule has 1 aromatic rings. The number of hydrogen-bond acceptors (Lipinski definition) is 2. The van der Waals surface area contributed by atoms with Crippen molar-refractivity contribution in [2.75, 3.05) is 0 Å². The molecule has 2 nitrogen and oxygen atoms in total. The summed E-state index contributed by atoms with van der Waals surface area (Å²) < 4.78 is 0. The molecule has 0 radical (unpaired) electrons. The van der Waals surface area contributed by atoms with E-state index in [1.165, 1.54) is 0 Å². The first-order valence-corrected chi connectivity index (χ1v) is 13.7. The lowest BCUT2D eigenvalue weighted by Crippen LogP contribution is -2.44. The molecule has 0 spiro atoms. The Labute approximate surface area is 194 Å². The molecule has 0 saturated heterocycles. The summed E-state index contributed by atoms with van der Waals surface area (Å²) in [6.07, 6.45) is 11.9. The van der Waals surface area contributed by atoms with E-state index in [1.54, 1.807) is 0 Å². The van der Waals surface area contributed by atoms with Crippen LogP contribution in [0.4, 0.5) is 0 Å². The lowest BCUT2D eigenvalue weighted by atomic mass is 9.62. The molecule has 0 saturated carbocycles. The Morgan fingerprint density at radius 1 is 0.812 bits per heavy atom. The summed E-state index contributed by atoms with van der Waals surface area (Å²) in [5.74, 6) is 3.63. The monoisotopic (exact) mass is 436 g/mol. The highest BCUT2D eigenvalue weighted by molar-refractivity contribution is 6.90. The number of rotatable bonds is 4. The molecule has 0 bridgehead atoms. The molecule has 1 unspecified atom stereocenters. The van der Waals surface area contributed by atoms with Crippen molar-refractivity contribution >= 4 is 13.6 Å². The average molecular weight is 437 g/mol. The summed E-state index contributed by atoms with van der Waals surface area (Å²) in [5.41, 5.74) is 5.34. The average Bonchev–Trinajstić information content (AvgIpc) is 2.87. The Bertz CT molecular complexity index is 1100. The van der Waals surface area contributed by atoms with E-state index in [0.29, 0.717) is 16.6 Å². The predicted octanol–water partition coefficient (Wildman–Crippen LogP) is 7.38. The Kier molecular flexibility index (Phi) is 6.50. The maximum Gasteiger partial charge on any atom is 0.193 e. The fourth-order valence-corrected chi connectivity index (χ4v) is 11.0. The molecular weight excluding hydrogens is 404 g/mol. The second-order valence-electron chi connectivity index (χ2n) is 9.72. The molecule has 0 N–H and O–H groups in total. The van der Waals surface area contributed by atoms with Gasteiger partial charge in [-0.25, -0.2) is 0 Å². The highest BCUT2D eigenvalue weighted by Gasteiger charge is 2.59. The van der Waals surface area contributed by atoms with Gasteiger partial charge >= 0.3 is 0 Å². The topological polar surface area (TPSA) is 47.6 Å². The minimum absolute atomic E-state index is 0.466. The molecule has 0 amide bonds. The minimum Gasteiger partial charge on any atom is -0.196 e. The van der Waals surface area contributed by atoms with E-state index >= 15 is 0 Å². The lowest BCUT2D eigenvalue weighted by Gasteiger charge is -2.39. The Balaban J connectivity index is 2.36. The standard InChI is InChI=1S/C29H32N2Si/c1-22(2)32(23(3)4,24(5)6)18-17-28-16-12-8-11-15-26(28)19-27(29(28,20-30)21-31)25-13-9-7-10-14-25/h7-16,19,22-24H,1-6H3. The van der Waals surface area contributed by atoms with Gasteiger partial charge in [0.15, 0.2) is 5.41 Å². The van der Waals surface area contributed by atoms with E-state index in [2.05, 4.69) is 65.1 Å². The minimum atomic E-state index is -2.07. The van der Waals surface area contributed by atoms with E-state index in [-0.39, 0.29) is 0 Å². The van der Waals surface area contributed by atoms with Gasteiger partial charge in [-0.05, 0) is 33.3 Å². The normalized spacial score (nSPS) is 21.2. The van der Waals surface area contributed by atoms with Crippen LogP contribution in [-0.2, 0) is 0 Å². The third-order valence-electron chi connectivity index (χ3n) is 7.36. The number of allylic oxidation sites excluding steroid dienone is 8. The molecule has 3 heteroatoms. The fraction of sp³-hybridized carbons (Fsp3) is 0.379. The first-order chi connectivity index (χ1) is 15.2. The number of benzene rings is 1. The van der Waals surface area contributed by atoms with Crippen molar-refractivity contribution in [1.29, 1.82) is 10.5 Å². The molecule has 0 aromatic heterocycles. The summed E-state index contributed by atoms with van der Waals surface area (Å²) in [6, 6.07) is 14.6. The highest BCUT2D eigenvalue weighted by atomic mass is 28.3. The van der Waals surface area contributed by atoms with Crippen LogP contribution in [0.2, 0.25) is 16.6 Å². The van der Waals surface area contributed by atoms with Crippen LogP contribution in [0.15, 0.2) is 72.4 Å². The van der Waals surface area contributed by atoms with E-state index in [0.717, 1.165) is 16.7 Å². The highest BCUT2D eigenvalue weighted by Crippen LogP contribution is 2.60. The molecule has 162 valence electrons. The largest absolute Gasteiger partial charge is 0.196 e. The molecule has 0 fully saturated rings. The number of fused-ring (bicyclic) bond motifs is 1. The zero-order chi connectivity index (χ0) is 23.6. The van der Waals surface area contributed by atoms with Crippen LogP contribution in [-0.4, -0.2) is 8.07 Å². The summed E-state index contributed by atoms with van der Waals surface area (Å²) in [7, 11) is -2.07. The van der Waals surface area contributed by atoms with Gasteiger partial charge in [0, 0.05) is 0 Å². The van der Waals surface area contributed by atoms with Crippen molar-refractivity contribution < 1.29 is 0 Å². The van der Waals surface area contributed by atoms with E-state index < -0.39 is 18.9 Å². The fourth-order valence-electron chi connectivity index (χ4n) is 5.72. The molecule has 1 aromatic carbocycles. The van der Waals surface area contributed by atoms with E-state index in [4.69, 9.17) is 0 Å². The first kappa shape index (κ1) is 23.6. The maximum atomic E-state index is 10.5. The first-order valence-electron chi connectivity index (χ1n) is 11.4. The lowest BCUT2D eigenvalue weighted by molar-refractivity contribution is 0.467. The van der Waals surface area contributed by atoms with Gasteiger partial charge in [-0.2, -0.15) is 10.5 Å². The molecule has 2 aliphatic rings. The van der Waals surface area contributed by atoms with Crippen molar-refractivity contribution in [3.63, 3.8) is 0 Å². The van der Waals surface area contributed by atoms with Gasteiger partial charge in [0.25, 0.3) is 0 Å². The van der Waals surface area contributed by atoms with Crippen LogP contribution in [0.1, 0.15) is 47.1 Å². The quantitative estimate of drug-likeness (QED) is 0.365. The molecule has 1 atom stereocenters. The maximum absolute atomic E-state index is 10.5. The Hall–Kier alpha value is -3.06. The molecule has 0 aliphatic heterocycles. The van der Waals surface area contributed by atoms with Crippen molar-refractivity contribution in [1.82, 2.24) is 0 Å². The Morgan fingerprint density at radius 2 is 1.41 bits per heavy atom. The van der Waals surface area contributed by atoms with Crippen LogP contribution in [0.5, 0.6) is 0 Å². The van der Waals surface area contributed by atoms with Gasteiger partial charge in [-0.3, -0.25) is 0 Å². The van der Waals surface area contributed by atoms with Gasteiger partial charge < -0.3 is 0 Å². The second kappa shape index (κ2) is 8.82. The number of nitriles is 2. The summed E-state index contributed by atoms with van der Waals surface area (Å²) in [5, 5.41) is 21.1. The summed E-state index contributed by atoms with van der Waals surface area (Å²) in [4.78, 5) is 0. The van der Waals surface area contributed by atoms with Crippen molar-refractivity contribution in [2.45, 2.75) is 58.2 Å². The van der Waals surface area contributed by atoms with Crippen molar-refractivity contribution in [2.24, 2.45) is 10.8 Å². The molecule has 2 aliphatic carbocycles. The third-order valence-corrected chi connectivity index (χ3v) is 13.6. The SMILES string of the molecule is CC(C)[Si](C#CC12C=CC=CC=C1C=C(c1ccccc1)C2(C#N)C#N)(C(C)C)C(C)C. The van der Waals surface area contributed by atoms with Crippen LogP contribution in [0.3, 0.4) is 0 Å². The molecule has 3 rings (SSSR count). The van der Waals surface area contributed by atoms with Gasteiger partial charge in [0.1, 0.15) is 13.5 Å². The number of nitrogens with zero attached hydrogens (tertiary/aromatic N) is 2. The van der Waals surface area contributed by atoms with Gasteiger partial charge in [0.2, 0.25) is 0 Å². The zero-order valence-corrected chi connectivity index (χ0v) is 21.0. The van der Waals surface area contributed by atoms with Crippen LogP contribution in [0.25, 0.3) is 5.57 Å². The summed E-state index contributed by atoms with van der Waals surface area (Å²) >= 11 is 0. The van der Waals surface area contributed by atoms with Gasteiger partial charge in [-0.15, -0.1) is 5.54 Å². The van der Waals surface area contributed by atoms with Gasteiger partial charge in [0.05, 0.1) is 12.1 Å². The van der Waals surface area contributed by atoms with Crippen LogP contribution >= 0.6 is 0 Å². The summed E-state index contributed by atoms with van der Waals surface area (Å²) in [6.45, 7) is 13.7. The van der Waals surface area contributed by atoms with Gasteiger partial charge in [-0.1, -0.05) is 114 Å². The van der Waals surface area contributed by atoms with Crippen molar-refractivity contribution in [3.05, 3.63) is 77.9 Å². The third kappa shape index (κ3) is 3.31. The zero-order valence-electron chi connectivity index (χ0n) is 20.0. The van der Waals surface area contributed by atoms with Crippen molar-refractivity contribution in [3.8, 4) is 23.6 Å². The van der Waals surface area contributed by atoms with Crippen LogP contribution in [0, 0.1) is 45.0 Å². The van der Waals surface area contributed by atoms with E-state index in [1.807, 2.05) is 66.8 Å².